The number of fused-ring (bicyclic) bond motifs is 1. The van der Waals surface area contributed by atoms with Gasteiger partial charge in [-0.05, 0) is 0 Å². The number of halogens is 3. The quantitative estimate of drug-likeness (QED) is 0.459. The highest BCUT2D eigenvalue weighted by molar-refractivity contribution is 6.76. The molecule has 1 amide bonds. The van der Waals surface area contributed by atoms with E-state index < -0.39 is 9.70 Å². The predicted molar refractivity (Wildman–Crippen MR) is 45.5 cm³/mol. The topological polar surface area (TPSA) is 32.8 Å². The highest BCUT2D eigenvalue weighted by atomic mass is 35.6. The molecule has 0 aromatic heterocycles. The van der Waals surface area contributed by atoms with Gasteiger partial charge in [0, 0.05) is 13.1 Å². The molecule has 0 unspecified atom stereocenters. The van der Waals surface area contributed by atoms with Crippen LogP contribution in [0.5, 0.6) is 0 Å². The van der Waals surface area contributed by atoms with Crippen molar-refractivity contribution in [3.8, 4) is 0 Å². The number of hydrogen-bond acceptors (Lipinski definition) is 2. The zero-order chi connectivity index (χ0) is 8.93. The van der Waals surface area contributed by atoms with E-state index in [-0.39, 0.29) is 12.2 Å². The number of ether oxygens (including phenoxy) is 1. The Labute approximate surface area is 84.5 Å². The van der Waals surface area contributed by atoms with Gasteiger partial charge in [0.05, 0.1) is 0 Å². The molecule has 2 heterocycles. The van der Waals surface area contributed by atoms with Crippen LogP contribution in [0.15, 0.2) is 0 Å². The third-order valence-electron chi connectivity index (χ3n) is 2.02. The maximum Gasteiger partial charge on any atom is 0.274 e. The molecule has 0 N–H and O–H groups in total. The zero-order valence-corrected chi connectivity index (χ0v) is 8.23. The Morgan fingerprint density at radius 3 is 2.25 bits per heavy atom. The SMILES string of the molecule is O=C(N1C[C@@H]2O[C@@H]2C1)C(Cl)(Cl)Cl. The fraction of sp³-hybridized carbons (Fsp3) is 0.833. The van der Waals surface area contributed by atoms with E-state index in [0.717, 1.165) is 0 Å². The highest BCUT2D eigenvalue weighted by Gasteiger charge is 2.51. The molecule has 2 atom stereocenters. The molecule has 6 heteroatoms. The van der Waals surface area contributed by atoms with Crippen LogP contribution >= 0.6 is 34.8 Å². The van der Waals surface area contributed by atoms with Crippen LogP contribution in [0.25, 0.3) is 0 Å². The molecule has 0 saturated carbocycles. The van der Waals surface area contributed by atoms with E-state index in [2.05, 4.69) is 0 Å². The van der Waals surface area contributed by atoms with Crippen molar-refractivity contribution in [1.29, 1.82) is 0 Å². The second-order valence-corrected chi connectivity index (χ2v) is 5.20. The first-order valence-electron chi connectivity index (χ1n) is 3.50. The molecular formula is C6H6Cl3NO2. The van der Waals surface area contributed by atoms with Gasteiger partial charge >= 0.3 is 0 Å². The zero-order valence-electron chi connectivity index (χ0n) is 5.97. The van der Waals surface area contributed by atoms with E-state index in [4.69, 9.17) is 39.5 Å². The van der Waals surface area contributed by atoms with Crippen LogP contribution in [0.1, 0.15) is 0 Å². The van der Waals surface area contributed by atoms with Crippen LogP contribution < -0.4 is 0 Å². The molecule has 2 rings (SSSR count). The average Bonchev–Trinajstić information content (AvgIpc) is 2.56. The van der Waals surface area contributed by atoms with Gasteiger partial charge in [0.2, 0.25) is 0 Å². The second kappa shape index (κ2) is 2.64. The number of hydrogen-bond donors (Lipinski definition) is 0. The normalized spacial score (nSPS) is 33.4. The monoisotopic (exact) mass is 229 g/mol. The lowest BCUT2D eigenvalue weighted by Gasteiger charge is -2.21. The van der Waals surface area contributed by atoms with Gasteiger partial charge in [0.1, 0.15) is 12.2 Å². The Bertz CT molecular complexity index is 217. The van der Waals surface area contributed by atoms with Crippen molar-refractivity contribution in [2.24, 2.45) is 0 Å². The molecule has 0 bridgehead atoms. The van der Waals surface area contributed by atoms with Crippen LogP contribution in [0.3, 0.4) is 0 Å². The maximum atomic E-state index is 11.3. The van der Waals surface area contributed by atoms with Gasteiger partial charge in [-0.3, -0.25) is 4.79 Å². The molecule has 2 saturated heterocycles. The molecule has 0 aromatic carbocycles. The lowest BCUT2D eigenvalue weighted by atomic mass is 10.4. The van der Waals surface area contributed by atoms with Crippen LogP contribution in [-0.4, -0.2) is 39.9 Å². The minimum atomic E-state index is -1.82. The standard InChI is InChI=1S/C6H6Cl3NO2/c7-6(8,9)5(11)10-1-3-4(2-10)12-3/h3-4H,1-2H2/t3-,4+. The Kier molecular flexibility index (Phi) is 1.96. The lowest BCUT2D eigenvalue weighted by Crippen LogP contribution is -2.39. The summed E-state index contributed by atoms with van der Waals surface area (Å²) >= 11 is 16.3. The van der Waals surface area contributed by atoms with Crippen LogP contribution in [0.4, 0.5) is 0 Å². The van der Waals surface area contributed by atoms with Crippen LogP contribution in [-0.2, 0) is 9.53 Å². The maximum absolute atomic E-state index is 11.3. The first kappa shape index (κ1) is 8.88. The molecule has 12 heavy (non-hydrogen) atoms. The summed E-state index contributed by atoms with van der Waals surface area (Å²) in [6.07, 6.45) is 0.364. The number of morpholine rings is 1. The van der Waals surface area contributed by atoms with E-state index in [1.165, 1.54) is 4.90 Å². The predicted octanol–water partition coefficient (Wildman–Crippen LogP) is 0.966. The van der Waals surface area contributed by atoms with E-state index in [1.54, 1.807) is 0 Å². The Hall–Kier alpha value is 0.300. The van der Waals surface area contributed by atoms with Gasteiger partial charge < -0.3 is 9.64 Å². The second-order valence-electron chi connectivity index (χ2n) is 2.92. The number of rotatable bonds is 0. The molecule has 2 aliphatic heterocycles. The Morgan fingerprint density at radius 2 is 1.83 bits per heavy atom. The molecule has 2 fully saturated rings. The van der Waals surface area contributed by atoms with Gasteiger partial charge in [-0.2, -0.15) is 0 Å². The fourth-order valence-corrected chi connectivity index (χ4v) is 1.71. The third kappa shape index (κ3) is 1.51. The van der Waals surface area contributed by atoms with Crippen molar-refractivity contribution in [2.75, 3.05) is 13.1 Å². The molecule has 3 nitrogen and oxygen atoms in total. The minimum Gasteiger partial charge on any atom is -0.366 e. The van der Waals surface area contributed by atoms with Gasteiger partial charge in [-0.1, -0.05) is 34.8 Å². The highest BCUT2D eigenvalue weighted by Crippen LogP contribution is 2.35. The van der Waals surface area contributed by atoms with Crippen molar-refractivity contribution >= 4 is 40.7 Å². The van der Waals surface area contributed by atoms with Gasteiger partial charge in [-0.15, -0.1) is 0 Å². The molecule has 2 aliphatic rings. The first-order chi connectivity index (χ1) is 5.48. The van der Waals surface area contributed by atoms with Crippen LogP contribution in [0.2, 0.25) is 0 Å². The largest absolute Gasteiger partial charge is 0.366 e. The van der Waals surface area contributed by atoms with Crippen molar-refractivity contribution in [2.45, 2.75) is 16.0 Å². The number of nitrogens with zero attached hydrogens (tertiary/aromatic N) is 1. The van der Waals surface area contributed by atoms with Crippen LogP contribution in [0, 0.1) is 0 Å². The number of amides is 1. The molecule has 0 aromatic rings. The lowest BCUT2D eigenvalue weighted by molar-refractivity contribution is -0.130. The van der Waals surface area contributed by atoms with E-state index in [0.29, 0.717) is 13.1 Å². The summed E-state index contributed by atoms with van der Waals surface area (Å²) in [5.74, 6) is -0.455. The number of epoxide rings is 1. The molecule has 0 radical (unpaired) electrons. The van der Waals surface area contributed by atoms with Crippen molar-refractivity contribution in [3.63, 3.8) is 0 Å². The van der Waals surface area contributed by atoms with Crippen molar-refractivity contribution in [3.05, 3.63) is 0 Å². The third-order valence-corrected chi connectivity index (χ3v) is 2.50. The van der Waals surface area contributed by atoms with Crippen molar-refractivity contribution in [1.82, 2.24) is 4.90 Å². The summed E-state index contributed by atoms with van der Waals surface area (Å²) in [6.45, 7) is 1.11. The summed E-state index contributed by atoms with van der Waals surface area (Å²) in [6, 6.07) is 0. The summed E-state index contributed by atoms with van der Waals surface area (Å²) < 4.78 is 3.30. The fourth-order valence-electron chi connectivity index (χ4n) is 1.35. The van der Waals surface area contributed by atoms with E-state index >= 15 is 0 Å². The number of carbonyl (C=O) groups is 1. The number of likely N-dealkylation sites (tertiary alicyclic amines) is 1. The smallest absolute Gasteiger partial charge is 0.274 e. The average molecular weight is 230 g/mol. The minimum absolute atomic E-state index is 0.182. The summed E-state index contributed by atoms with van der Waals surface area (Å²) in [5, 5.41) is 0. The molecule has 68 valence electrons. The number of carbonyl (C=O) groups excluding carboxylic acids is 1. The molecular weight excluding hydrogens is 224 g/mol. The molecule has 0 spiro atoms. The summed E-state index contributed by atoms with van der Waals surface area (Å²) in [7, 11) is 0. The van der Waals surface area contributed by atoms with Gasteiger partial charge in [0.25, 0.3) is 9.70 Å². The Balaban J connectivity index is 1.97. The Morgan fingerprint density at radius 1 is 1.33 bits per heavy atom. The van der Waals surface area contributed by atoms with E-state index in [1.807, 2.05) is 0 Å². The van der Waals surface area contributed by atoms with Gasteiger partial charge in [-0.25, -0.2) is 0 Å². The summed E-state index contributed by atoms with van der Waals surface area (Å²) in [5.41, 5.74) is 0. The summed E-state index contributed by atoms with van der Waals surface area (Å²) in [4.78, 5) is 12.8. The number of alkyl halides is 3. The van der Waals surface area contributed by atoms with E-state index in [9.17, 15) is 4.79 Å². The van der Waals surface area contributed by atoms with Gasteiger partial charge in [0.15, 0.2) is 0 Å². The first-order valence-corrected chi connectivity index (χ1v) is 4.63. The molecule has 0 aliphatic carbocycles. The van der Waals surface area contributed by atoms with Crippen molar-refractivity contribution < 1.29 is 9.53 Å².